The van der Waals surface area contributed by atoms with Crippen LogP contribution >= 0.6 is 11.8 Å². The van der Waals surface area contributed by atoms with Crippen LogP contribution in [0.5, 0.6) is 0 Å². The van der Waals surface area contributed by atoms with E-state index in [0.717, 1.165) is 12.1 Å². The quantitative estimate of drug-likeness (QED) is 0.867. The second kappa shape index (κ2) is 5.67. The van der Waals surface area contributed by atoms with E-state index in [1.54, 1.807) is 4.24 Å². The zero-order valence-corrected chi connectivity index (χ0v) is 11.9. The van der Waals surface area contributed by atoms with Crippen molar-refractivity contribution in [3.63, 3.8) is 0 Å². The van der Waals surface area contributed by atoms with Crippen LogP contribution in [0, 0.1) is 0 Å². The maximum Gasteiger partial charge on any atom is 0.417 e. The molecule has 21 heavy (non-hydrogen) atoms. The van der Waals surface area contributed by atoms with Crippen LogP contribution in [-0.2, 0) is 16.2 Å². The first-order chi connectivity index (χ1) is 9.75. The van der Waals surface area contributed by atoms with Crippen LogP contribution < -0.4 is 4.24 Å². The Kier molecular flexibility index (Phi) is 4.27. The molecule has 0 aliphatic heterocycles. The number of hydrogen-bond donors (Lipinski definition) is 1. The fourth-order valence-corrected chi connectivity index (χ4v) is 2.75. The monoisotopic (exact) mass is 335 g/mol. The highest BCUT2D eigenvalue weighted by atomic mass is 35.5. The molecule has 2 aromatic rings. The molecular weight excluding hydrogens is 327 g/mol. The van der Waals surface area contributed by atoms with Crippen molar-refractivity contribution in [3.05, 3.63) is 54.1 Å². The molecular formula is C13H9ClF3NO2S. The fraction of sp³-hybridized carbons (Fsp3) is 0.0769. The Morgan fingerprint density at radius 3 is 2.29 bits per heavy atom. The lowest BCUT2D eigenvalue weighted by Gasteiger charge is -2.13. The van der Waals surface area contributed by atoms with Gasteiger partial charge in [0.05, 0.1) is 10.5 Å². The van der Waals surface area contributed by atoms with E-state index in [1.165, 1.54) is 36.4 Å². The zero-order chi connectivity index (χ0) is 15.7. The summed E-state index contributed by atoms with van der Waals surface area (Å²) in [6, 6.07) is 10.1. The van der Waals surface area contributed by atoms with Crippen molar-refractivity contribution in [2.75, 3.05) is 0 Å². The zero-order valence-electron chi connectivity index (χ0n) is 10.4. The molecule has 8 heteroatoms. The fourth-order valence-electron chi connectivity index (χ4n) is 1.86. The minimum atomic E-state index is -4.53. The Morgan fingerprint density at radius 1 is 1.00 bits per heavy atom. The summed E-state index contributed by atoms with van der Waals surface area (Å²) in [7, 11) is -3.94. The smallest absolute Gasteiger partial charge is 0.206 e. The molecule has 0 radical (unpaired) electrons. The molecule has 0 atom stereocenters. The van der Waals surface area contributed by atoms with E-state index in [0.29, 0.717) is 0 Å². The predicted octanol–water partition coefficient (Wildman–Crippen LogP) is 3.80. The molecule has 2 aromatic carbocycles. The van der Waals surface area contributed by atoms with Gasteiger partial charge in [-0.3, -0.25) is 0 Å². The van der Waals surface area contributed by atoms with Gasteiger partial charge in [0.2, 0.25) is 0 Å². The van der Waals surface area contributed by atoms with Gasteiger partial charge in [-0.05, 0) is 41.1 Å². The molecule has 3 nitrogen and oxygen atoms in total. The number of halogens is 4. The van der Waals surface area contributed by atoms with Crippen molar-refractivity contribution >= 4 is 21.8 Å². The van der Waals surface area contributed by atoms with E-state index < -0.39 is 21.8 Å². The molecule has 0 unspecified atom stereocenters. The van der Waals surface area contributed by atoms with E-state index in [-0.39, 0.29) is 16.0 Å². The largest absolute Gasteiger partial charge is 0.417 e. The number of nitrogens with one attached hydrogen (secondary N) is 1. The van der Waals surface area contributed by atoms with Crippen LogP contribution in [-0.4, -0.2) is 8.42 Å². The van der Waals surface area contributed by atoms with Gasteiger partial charge in [-0.1, -0.05) is 30.3 Å². The Labute approximate surface area is 124 Å². The van der Waals surface area contributed by atoms with Gasteiger partial charge in [0.1, 0.15) is 0 Å². The molecule has 0 aliphatic carbocycles. The topological polar surface area (TPSA) is 46.2 Å². The number of hydrogen-bond acceptors (Lipinski definition) is 2. The minimum Gasteiger partial charge on any atom is -0.206 e. The first-order valence-corrected chi connectivity index (χ1v) is 7.51. The maximum absolute atomic E-state index is 13.0. The summed E-state index contributed by atoms with van der Waals surface area (Å²) in [5, 5.41) is 0. The van der Waals surface area contributed by atoms with Gasteiger partial charge >= 0.3 is 6.18 Å². The summed E-state index contributed by atoms with van der Waals surface area (Å²) in [5.74, 6) is 0. The van der Waals surface area contributed by atoms with Gasteiger partial charge < -0.3 is 0 Å². The molecule has 0 heterocycles. The van der Waals surface area contributed by atoms with Gasteiger partial charge in [0.15, 0.2) is 0 Å². The van der Waals surface area contributed by atoms with Crippen molar-refractivity contribution in [2.24, 2.45) is 0 Å². The average molecular weight is 336 g/mol. The second-order valence-electron chi connectivity index (χ2n) is 4.15. The highest BCUT2D eigenvalue weighted by Crippen LogP contribution is 2.37. The Morgan fingerprint density at radius 2 is 1.67 bits per heavy atom. The van der Waals surface area contributed by atoms with Gasteiger partial charge in [-0.2, -0.15) is 13.2 Å². The Balaban J connectivity index is 2.62. The molecule has 0 bridgehead atoms. The standard InChI is InChI=1S/C13H9ClF3NO2S/c14-18-21(19,20)10-5-3-4-9(8-10)11-6-1-2-7-12(11)13(15,16)17/h1-8,18H. The lowest BCUT2D eigenvalue weighted by atomic mass is 9.99. The molecule has 0 aliphatic rings. The summed E-state index contributed by atoms with van der Waals surface area (Å²) in [6.45, 7) is 0. The first-order valence-electron chi connectivity index (χ1n) is 5.65. The van der Waals surface area contributed by atoms with Crippen molar-refractivity contribution in [1.82, 2.24) is 4.24 Å². The van der Waals surface area contributed by atoms with Crippen LogP contribution in [0.15, 0.2) is 53.4 Å². The lowest BCUT2D eigenvalue weighted by Crippen LogP contribution is -2.13. The third-order valence-electron chi connectivity index (χ3n) is 2.79. The summed E-state index contributed by atoms with van der Waals surface area (Å²) < 4.78 is 63.8. The molecule has 0 fully saturated rings. The average Bonchev–Trinajstić information content (AvgIpc) is 2.46. The normalized spacial score (nSPS) is 12.4. The number of alkyl halides is 3. The summed E-state index contributed by atoms with van der Waals surface area (Å²) >= 11 is 5.11. The van der Waals surface area contributed by atoms with Gasteiger partial charge in [0, 0.05) is 0 Å². The molecule has 0 saturated heterocycles. The molecule has 0 saturated carbocycles. The van der Waals surface area contributed by atoms with Gasteiger partial charge in [-0.25, -0.2) is 8.42 Å². The summed E-state index contributed by atoms with van der Waals surface area (Å²) in [4.78, 5) is -0.216. The molecule has 2 rings (SSSR count). The van der Waals surface area contributed by atoms with E-state index in [9.17, 15) is 21.6 Å². The minimum absolute atomic E-state index is 0.100. The van der Waals surface area contributed by atoms with Crippen LogP contribution in [0.2, 0.25) is 0 Å². The van der Waals surface area contributed by atoms with Gasteiger partial charge in [0.25, 0.3) is 10.0 Å². The third kappa shape index (κ3) is 3.37. The third-order valence-corrected chi connectivity index (χ3v) is 4.48. The number of benzene rings is 2. The number of rotatable bonds is 3. The number of sulfonamides is 1. The van der Waals surface area contributed by atoms with Gasteiger partial charge in [-0.15, -0.1) is 4.24 Å². The van der Waals surface area contributed by atoms with Crippen molar-refractivity contribution in [1.29, 1.82) is 0 Å². The van der Waals surface area contributed by atoms with E-state index >= 15 is 0 Å². The van der Waals surface area contributed by atoms with Crippen LogP contribution in [0.25, 0.3) is 11.1 Å². The van der Waals surface area contributed by atoms with Crippen LogP contribution in [0.4, 0.5) is 13.2 Å². The molecule has 0 amide bonds. The summed E-state index contributed by atoms with van der Waals surface area (Å²) in [6.07, 6.45) is -4.53. The van der Waals surface area contributed by atoms with Crippen molar-refractivity contribution in [2.45, 2.75) is 11.1 Å². The van der Waals surface area contributed by atoms with E-state index in [2.05, 4.69) is 0 Å². The Hall–Kier alpha value is -1.57. The molecule has 112 valence electrons. The first kappa shape index (κ1) is 15.8. The maximum atomic E-state index is 13.0. The molecule has 1 N–H and O–H groups in total. The lowest BCUT2D eigenvalue weighted by molar-refractivity contribution is -0.137. The SMILES string of the molecule is O=S(=O)(NCl)c1cccc(-c2ccccc2C(F)(F)F)c1. The highest BCUT2D eigenvalue weighted by Gasteiger charge is 2.33. The van der Waals surface area contributed by atoms with Crippen LogP contribution in [0.1, 0.15) is 5.56 Å². The predicted molar refractivity (Wildman–Crippen MR) is 73.1 cm³/mol. The molecule has 0 spiro atoms. The Bertz CT molecular complexity index is 760. The van der Waals surface area contributed by atoms with Crippen molar-refractivity contribution in [3.8, 4) is 11.1 Å². The molecule has 0 aromatic heterocycles. The van der Waals surface area contributed by atoms with E-state index in [1.807, 2.05) is 0 Å². The van der Waals surface area contributed by atoms with Crippen LogP contribution in [0.3, 0.4) is 0 Å². The summed E-state index contributed by atoms with van der Waals surface area (Å²) in [5.41, 5.74) is -0.800. The van der Waals surface area contributed by atoms with E-state index in [4.69, 9.17) is 11.8 Å². The second-order valence-corrected chi connectivity index (χ2v) is 6.25. The van der Waals surface area contributed by atoms with Crippen molar-refractivity contribution < 1.29 is 21.6 Å². The highest BCUT2D eigenvalue weighted by molar-refractivity contribution is 7.90.